The Morgan fingerprint density at radius 1 is 1.67 bits per heavy atom. The van der Waals surface area contributed by atoms with E-state index in [1.807, 2.05) is 6.08 Å². The maximum absolute atomic E-state index is 5.82. The van der Waals surface area contributed by atoms with Crippen molar-refractivity contribution >= 4 is 17.6 Å². The van der Waals surface area contributed by atoms with E-state index in [-0.39, 0.29) is 0 Å². The van der Waals surface area contributed by atoms with E-state index in [2.05, 4.69) is 23.8 Å². The highest BCUT2D eigenvalue weighted by Crippen LogP contribution is 2.33. The van der Waals surface area contributed by atoms with Crippen molar-refractivity contribution in [3.05, 3.63) is 24.3 Å². The summed E-state index contributed by atoms with van der Waals surface area (Å²) >= 11 is 1.67. The standard InChI is InChI=1S/C12H17NOS/c1-3-4-7-13-8-5-6-10-9-11(15-2)14-12(10)13/h3,9H,1,4-8H2,2H3. The Hall–Kier alpha value is -0.830. The second-order valence-corrected chi connectivity index (χ2v) is 4.58. The fourth-order valence-electron chi connectivity index (χ4n) is 1.96. The molecule has 2 heterocycles. The minimum atomic E-state index is 1.02. The molecule has 0 spiro atoms. The molecule has 3 heteroatoms. The predicted octanol–water partition coefficient (Wildman–Crippen LogP) is 3.33. The van der Waals surface area contributed by atoms with Gasteiger partial charge >= 0.3 is 0 Å². The zero-order valence-corrected chi connectivity index (χ0v) is 9.98. The Labute approximate surface area is 95.3 Å². The van der Waals surface area contributed by atoms with Crippen LogP contribution in [0.5, 0.6) is 0 Å². The molecule has 0 unspecified atom stereocenters. The van der Waals surface area contributed by atoms with Gasteiger partial charge in [-0.3, -0.25) is 0 Å². The van der Waals surface area contributed by atoms with Crippen LogP contribution in [-0.2, 0) is 6.42 Å². The number of anilines is 1. The average molecular weight is 223 g/mol. The molecule has 2 nitrogen and oxygen atoms in total. The van der Waals surface area contributed by atoms with Crippen molar-refractivity contribution in [3.63, 3.8) is 0 Å². The maximum Gasteiger partial charge on any atom is 0.200 e. The van der Waals surface area contributed by atoms with Gasteiger partial charge in [-0.2, -0.15) is 0 Å². The van der Waals surface area contributed by atoms with Crippen LogP contribution in [-0.4, -0.2) is 19.3 Å². The number of hydrogen-bond donors (Lipinski definition) is 0. The molecule has 0 saturated heterocycles. The summed E-state index contributed by atoms with van der Waals surface area (Å²) in [5.74, 6) is 1.09. The topological polar surface area (TPSA) is 16.4 Å². The SMILES string of the molecule is C=CCCN1CCCc2cc(SC)oc21. The number of furan rings is 1. The molecule has 1 aliphatic rings. The van der Waals surface area contributed by atoms with Gasteiger partial charge in [-0.25, -0.2) is 0 Å². The van der Waals surface area contributed by atoms with Crippen LogP contribution in [0.15, 0.2) is 28.2 Å². The van der Waals surface area contributed by atoms with Crippen LogP contribution in [0.3, 0.4) is 0 Å². The van der Waals surface area contributed by atoms with Crippen molar-refractivity contribution in [1.82, 2.24) is 0 Å². The molecule has 0 atom stereocenters. The van der Waals surface area contributed by atoms with Crippen LogP contribution in [0.2, 0.25) is 0 Å². The molecular weight excluding hydrogens is 206 g/mol. The molecule has 15 heavy (non-hydrogen) atoms. The summed E-state index contributed by atoms with van der Waals surface area (Å²) < 4.78 is 5.82. The lowest BCUT2D eigenvalue weighted by molar-refractivity contribution is 0.456. The zero-order chi connectivity index (χ0) is 10.7. The van der Waals surface area contributed by atoms with E-state index in [0.29, 0.717) is 0 Å². The molecular formula is C12H17NOS. The molecule has 1 aromatic rings. The Balaban J connectivity index is 2.17. The smallest absolute Gasteiger partial charge is 0.200 e. The third-order valence-electron chi connectivity index (χ3n) is 2.73. The molecule has 0 saturated carbocycles. The lowest BCUT2D eigenvalue weighted by atomic mass is 10.1. The van der Waals surface area contributed by atoms with Crippen molar-refractivity contribution in [1.29, 1.82) is 0 Å². The summed E-state index contributed by atoms with van der Waals surface area (Å²) in [6.45, 7) is 5.90. The van der Waals surface area contributed by atoms with E-state index >= 15 is 0 Å². The Morgan fingerprint density at radius 2 is 2.53 bits per heavy atom. The van der Waals surface area contributed by atoms with Gasteiger partial charge in [-0.1, -0.05) is 17.8 Å². The van der Waals surface area contributed by atoms with Crippen molar-refractivity contribution in [2.45, 2.75) is 24.4 Å². The number of hydrogen-bond acceptors (Lipinski definition) is 3. The van der Waals surface area contributed by atoms with E-state index in [4.69, 9.17) is 4.42 Å². The highest BCUT2D eigenvalue weighted by Gasteiger charge is 2.21. The minimum Gasteiger partial charge on any atom is -0.434 e. The van der Waals surface area contributed by atoms with Gasteiger partial charge in [0.05, 0.1) is 0 Å². The van der Waals surface area contributed by atoms with E-state index in [1.165, 1.54) is 12.0 Å². The molecule has 2 rings (SSSR count). The quantitative estimate of drug-likeness (QED) is 0.575. The van der Waals surface area contributed by atoms with Crippen molar-refractivity contribution in [2.75, 3.05) is 24.2 Å². The first kappa shape index (κ1) is 10.7. The van der Waals surface area contributed by atoms with E-state index in [9.17, 15) is 0 Å². The molecule has 0 bridgehead atoms. The van der Waals surface area contributed by atoms with Crippen LogP contribution in [0.25, 0.3) is 0 Å². The van der Waals surface area contributed by atoms with E-state index < -0.39 is 0 Å². The van der Waals surface area contributed by atoms with Crippen molar-refractivity contribution in [2.24, 2.45) is 0 Å². The number of aryl methyl sites for hydroxylation is 1. The van der Waals surface area contributed by atoms with Gasteiger partial charge in [-0.15, -0.1) is 6.58 Å². The van der Waals surface area contributed by atoms with Crippen LogP contribution in [0.4, 0.5) is 5.88 Å². The third-order valence-corrected chi connectivity index (χ3v) is 3.33. The monoisotopic (exact) mass is 223 g/mol. The molecule has 1 aliphatic heterocycles. The predicted molar refractivity (Wildman–Crippen MR) is 65.8 cm³/mol. The number of nitrogens with zero attached hydrogens (tertiary/aromatic N) is 1. The van der Waals surface area contributed by atoms with Crippen LogP contribution < -0.4 is 4.90 Å². The molecule has 82 valence electrons. The molecule has 0 aromatic carbocycles. The summed E-state index contributed by atoms with van der Waals surface area (Å²) in [6, 6.07) is 2.18. The van der Waals surface area contributed by atoms with Crippen molar-refractivity contribution < 1.29 is 4.42 Å². The Bertz CT molecular complexity index is 345. The summed E-state index contributed by atoms with van der Waals surface area (Å²) in [7, 11) is 0. The molecule has 0 aliphatic carbocycles. The van der Waals surface area contributed by atoms with Crippen LogP contribution >= 0.6 is 11.8 Å². The van der Waals surface area contributed by atoms with Gasteiger partial charge in [0, 0.05) is 18.7 Å². The minimum absolute atomic E-state index is 1.02. The maximum atomic E-state index is 5.82. The first-order chi connectivity index (χ1) is 7.35. The fraction of sp³-hybridized carbons (Fsp3) is 0.500. The van der Waals surface area contributed by atoms with Gasteiger partial charge in [0.25, 0.3) is 0 Å². The van der Waals surface area contributed by atoms with Gasteiger partial charge in [0.1, 0.15) is 0 Å². The summed E-state index contributed by atoms with van der Waals surface area (Å²) in [5.41, 5.74) is 1.37. The summed E-state index contributed by atoms with van der Waals surface area (Å²) in [6.07, 6.45) is 7.43. The molecule has 1 aromatic heterocycles. The lowest BCUT2D eigenvalue weighted by Gasteiger charge is -2.26. The molecule has 0 amide bonds. The van der Waals surface area contributed by atoms with Gasteiger partial charge in [0.2, 0.25) is 0 Å². The zero-order valence-electron chi connectivity index (χ0n) is 9.16. The molecule has 0 N–H and O–H groups in total. The number of thioether (sulfide) groups is 1. The van der Waals surface area contributed by atoms with Crippen molar-refractivity contribution in [3.8, 4) is 0 Å². The number of fused-ring (bicyclic) bond motifs is 1. The second kappa shape index (κ2) is 4.79. The first-order valence-corrected chi connectivity index (χ1v) is 6.60. The highest BCUT2D eigenvalue weighted by molar-refractivity contribution is 7.98. The third kappa shape index (κ3) is 2.23. The normalized spacial score (nSPS) is 15.1. The van der Waals surface area contributed by atoms with Gasteiger partial charge in [0.15, 0.2) is 11.0 Å². The Morgan fingerprint density at radius 3 is 3.27 bits per heavy atom. The largest absolute Gasteiger partial charge is 0.434 e. The molecule has 0 radical (unpaired) electrons. The Kier molecular flexibility index (Phi) is 3.41. The second-order valence-electron chi connectivity index (χ2n) is 3.77. The first-order valence-electron chi connectivity index (χ1n) is 5.37. The summed E-state index contributed by atoms with van der Waals surface area (Å²) in [4.78, 5) is 2.33. The average Bonchev–Trinajstić information content (AvgIpc) is 2.69. The van der Waals surface area contributed by atoms with Crippen LogP contribution in [0, 0.1) is 0 Å². The fourth-order valence-corrected chi connectivity index (χ4v) is 2.39. The number of rotatable bonds is 4. The van der Waals surface area contributed by atoms with Gasteiger partial charge in [-0.05, 0) is 31.6 Å². The lowest BCUT2D eigenvalue weighted by Crippen LogP contribution is -2.29. The van der Waals surface area contributed by atoms with Crippen LogP contribution in [0.1, 0.15) is 18.4 Å². The van der Waals surface area contributed by atoms with E-state index in [1.54, 1.807) is 11.8 Å². The summed E-state index contributed by atoms with van der Waals surface area (Å²) in [5, 5.41) is 1.03. The van der Waals surface area contributed by atoms with E-state index in [0.717, 1.165) is 36.9 Å². The van der Waals surface area contributed by atoms with Gasteiger partial charge < -0.3 is 9.32 Å². The highest BCUT2D eigenvalue weighted by atomic mass is 32.2. The molecule has 0 fully saturated rings.